The third-order valence-corrected chi connectivity index (χ3v) is 5.58. The molecule has 5 aromatic rings. The van der Waals surface area contributed by atoms with Gasteiger partial charge in [0.15, 0.2) is 0 Å². The summed E-state index contributed by atoms with van der Waals surface area (Å²) in [6.45, 7) is 4.04. The zero-order valence-electron chi connectivity index (χ0n) is 15.7. The van der Waals surface area contributed by atoms with Gasteiger partial charge in [-0.05, 0) is 53.6 Å². The lowest BCUT2D eigenvalue weighted by atomic mass is 10.1. The summed E-state index contributed by atoms with van der Waals surface area (Å²) in [7, 11) is 0. The first-order chi connectivity index (χ1) is 14.1. The zero-order valence-corrected chi connectivity index (χ0v) is 16.5. The molecule has 29 heavy (non-hydrogen) atoms. The van der Waals surface area contributed by atoms with Crippen molar-refractivity contribution in [3.05, 3.63) is 69.8 Å². The monoisotopic (exact) mass is 404 g/mol. The molecule has 0 saturated carbocycles. The van der Waals surface area contributed by atoms with Gasteiger partial charge in [0.05, 0.1) is 11.4 Å². The second kappa shape index (κ2) is 6.85. The Kier molecular flexibility index (Phi) is 4.17. The molecule has 2 aromatic carbocycles. The van der Waals surface area contributed by atoms with Gasteiger partial charge in [0.2, 0.25) is 10.7 Å². The number of aromatic nitrogens is 6. The Morgan fingerprint density at radius 2 is 2.03 bits per heavy atom. The van der Waals surface area contributed by atoms with Gasteiger partial charge in [0, 0.05) is 5.39 Å². The van der Waals surface area contributed by atoms with Crippen molar-refractivity contribution >= 4 is 33.8 Å². The lowest BCUT2D eigenvalue weighted by Crippen LogP contribution is -2.10. The maximum absolute atomic E-state index is 12.5. The number of nitrogens with one attached hydrogen (secondary N) is 1. The van der Waals surface area contributed by atoms with Gasteiger partial charge in [-0.2, -0.15) is 4.68 Å². The van der Waals surface area contributed by atoms with E-state index < -0.39 is 0 Å². The van der Waals surface area contributed by atoms with Crippen LogP contribution in [0.5, 0.6) is 0 Å². The maximum atomic E-state index is 12.5. The van der Waals surface area contributed by atoms with Crippen LogP contribution in [0.4, 0.5) is 0 Å². The average Bonchev–Trinajstić information content (AvgIpc) is 3.33. The standard InChI is InChI=1S/C20H16N6O2S/c1-11-7-8-12(2)14(9-11)26-20(23-24-25-26)29-10-16-21-17-13-5-3-4-6-15(13)28-18(17)19(27)22-16/h3-9H,10H2,1-2H3,(H,21,22,27). The van der Waals surface area contributed by atoms with Crippen molar-refractivity contribution in [3.63, 3.8) is 0 Å². The van der Waals surface area contributed by atoms with Crippen LogP contribution in [0.2, 0.25) is 0 Å². The van der Waals surface area contributed by atoms with Gasteiger partial charge < -0.3 is 9.40 Å². The third-order valence-electron chi connectivity index (χ3n) is 4.65. The van der Waals surface area contributed by atoms with E-state index in [1.54, 1.807) is 4.68 Å². The second-order valence-corrected chi connectivity index (χ2v) is 7.68. The molecule has 3 heterocycles. The number of aromatic amines is 1. The smallest absolute Gasteiger partial charge is 0.294 e. The van der Waals surface area contributed by atoms with Crippen LogP contribution in [0.15, 0.2) is 56.8 Å². The number of hydrogen-bond donors (Lipinski definition) is 1. The Balaban J connectivity index is 1.49. The first-order valence-electron chi connectivity index (χ1n) is 8.99. The molecule has 5 rings (SSSR count). The van der Waals surface area contributed by atoms with Crippen LogP contribution in [-0.4, -0.2) is 30.2 Å². The molecule has 144 valence electrons. The molecule has 0 bridgehead atoms. The fraction of sp³-hybridized carbons (Fsp3) is 0.150. The van der Waals surface area contributed by atoms with Gasteiger partial charge in [0.1, 0.15) is 16.9 Å². The Morgan fingerprint density at radius 3 is 2.93 bits per heavy atom. The highest BCUT2D eigenvalue weighted by Gasteiger charge is 2.15. The predicted molar refractivity (Wildman–Crippen MR) is 110 cm³/mol. The summed E-state index contributed by atoms with van der Waals surface area (Å²) in [5.41, 5.74) is 4.27. The molecular weight excluding hydrogens is 388 g/mol. The predicted octanol–water partition coefficient (Wildman–Crippen LogP) is 3.55. The van der Waals surface area contributed by atoms with Crippen LogP contribution in [0.3, 0.4) is 0 Å². The second-order valence-electron chi connectivity index (χ2n) is 6.74. The summed E-state index contributed by atoms with van der Waals surface area (Å²) in [6.07, 6.45) is 0. The van der Waals surface area contributed by atoms with E-state index in [1.807, 2.05) is 50.2 Å². The van der Waals surface area contributed by atoms with Crippen LogP contribution in [0, 0.1) is 13.8 Å². The number of fused-ring (bicyclic) bond motifs is 3. The maximum Gasteiger partial charge on any atom is 0.294 e. The molecule has 0 atom stereocenters. The third kappa shape index (κ3) is 3.09. The highest BCUT2D eigenvalue weighted by atomic mass is 32.2. The molecule has 0 saturated heterocycles. The molecule has 1 N–H and O–H groups in total. The van der Waals surface area contributed by atoms with Crippen molar-refractivity contribution in [3.8, 4) is 5.69 Å². The first-order valence-corrected chi connectivity index (χ1v) is 9.98. The Morgan fingerprint density at radius 1 is 1.17 bits per heavy atom. The van der Waals surface area contributed by atoms with Crippen molar-refractivity contribution in [1.82, 2.24) is 30.2 Å². The summed E-state index contributed by atoms with van der Waals surface area (Å²) in [6, 6.07) is 13.6. The van der Waals surface area contributed by atoms with Crippen LogP contribution in [0.1, 0.15) is 17.0 Å². The largest absolute Gasteiger partial charge is 0.449 e. The van der Waals surface area contributed by atoms with Crippen LogP contribution < -0.4 is 5.56 Å². The Hall–Kier alpha value is -3.46. The van der Waals surface area contributed by atoms with Crippen molar-refractivity contribution in [2.24, 2.45) is 0 Å². The number of H-pyrrole nitrogens is 1. The topological polar surface area (TPSA) is 102 Å². The molecular formula is C20H16N6O2S. The van der Waals surface area contributed by atoms with E-state index in [4.69, 9.17) is 4.42 Å². The van der Waals surface area contributed by atoms with E-state index in [1.165, 1.54) is 11.8 Å². The number of rotatable bonds is 4. The molecule has 0 aliphatic heterocycles. The van der Waals surface area contributed by atoms with Gasteiger partial charge in [-0.25, -0.2) is 4.98 Å². The fourth-order valence-corrected chi connectivity index (χ4v) is 3.97. The molecule has 0 fully saturated rings. The number of thioether (sulfide) groups is 1. The van der Waals surface area contributed by atoms with E-state index >= 15 is 0 Å². The quantitative estimate of drug-likeness (QED) is 0.457. The summed E-state index contributed by atoms with van der Waals surface area (Å²) in [5, 5.41) is 13.5. The first kappa shape index (κ1) is 17.6. The summed E-state index contributed by atoms with van der Waals surface area (Å²) >= 11 is 1.41. The van der Waals surface area contributed by atoms with Gasteiger partial charge in [0.25, 0.3) is 5.56 Å². The normalized spacial score (nSPS) is 11.5. The molecule has 8 nitrogen and oxygen atoms in total. The number of furan rings is 1. The molecule has 9 heteroatoms. The van der Waals surface area contributed by atoms with E-state index in [0.29, 0.717) is 27.8 Å². The summed E-state index contributed by atoms with van der Waals surface area (Å²) < 4.78 is 7.35. The van der Waals surface area contributed by atoms with Gasteiger partial charge in [-0.15, -0.1) is 5.10 Å². The lowest BCUT2D eigenvalue weighted by Gasteiger charge is -2.08. The minimum Gasteiger partial charge on any atom is -0.449 e. The highest BCUT2D eigenvalue weighted by molar-refractivity contribution is 7.98. The van der Waals surface area contributed by atoms with E-state index in [0.717, 1.165) is 22.2 Å². The number of tetrazole rings is 1. The molecule has 3 aromatic heterocycles. The number of hydrogen-bond acceptors (Lipinski definition) is 7. The minimum atomic E-state index is -0.295. The fourth-order valence-electron chi connectivity index (χ4n) is 3.22. The number of aryl methyl sites for hydroxylation is 2. The number of nitrogens with zero attached hydrogens (tertiary/aromatic N) is 5. The minimum absolute atomic E-state index is 0.236. The van der Waals surface area contributed by atoms with Gasteiger partial charge >= 0.3 is 0 Å². The summed E-state index contributed by atoms with van der Waals surface area (Å²) in [5.74, 6) is 0.949. The van der Waals surface area contributed by atoms with Crippen molar-refractivity contribution in [1.29, 1.82) is 0 Å². The zero-order chi connectivity index (χ0) is 20.0. The van der Waals surface area contributed by atoms with Crippen molar-refractivity contribution in [2.75, 3.05) is 0 Å². The van der Waals surface area contributed by atoms with Crippen LogP contribution >= 0.6 is 11.8 Å². The van der Waals surface area contributed by atoms with E-state index in [9.17, 15) is 4.79 Å². The van der Waals surface area contributed by atoms with Crippen LogP contribution in [0.25, 0.3) is 27.8 Å². The molecule has 0 aliphatic rings. The van der Waals surface area contributed by atoms with E-state index in [-0.39, 0.29) is 11.1 Å². The van der Waals surface area contributed by atoms with Gasteiger partial charge in [-0.1, -0.05) is 36.0 Å². The molecule has 0 unspecified atom stereocenters. The number of benzene rings is 2. The molecule has 0 amide bonds. The SMILES string of the molecule is Cc1ccc(C)c(-n2nnnc2SCc2nc3c(oc4ccccc43)c(=O)[nH]2)c1. The molecule has 0 radical (unpaired) electrons. The highest BCUT2D eigenvalue weighted by Crippen LogP contribution is 2.27. The average molecular weight is 404 g/mol. The molecule has 0 spiro atoms. The molecule has 0 aliphatic carbocycles. The Bertz CT molecular complexity index is 1420. The van der Waals surface area contributed by atoms with Crippen molar-refractivity contribution in [2.45, 2.75) is 24.8 Å². The van der Waals surface area contributed by atoms with Crippen LogP contribution in [-0.2, 0) is 5.75 Å². The van der Waals surface area contributed by atoms with E-state index in [2.05, 4.69) is 31.6 Å². The summed E-state index contributed by atoms with van der Waals surface area (Å²) in [4.78, 5) is 19.9. The number of para-hydroxylation sites is 1. The Labute approximate surface area is 169 Å². The van der Waals surface area contributed by atoms with Crippen molar-refractivity contribution < 1.29 is 4.42 Å². The van der Waals surface area contributed by atoms with Gasteiger partial charge in [-0.3, -0.25) is 4.79 Å². The lowest BCUT2D eigenvalue weighted by molar-refractivity contribution is 0.660.